The van der Waals surface area contributed by atoms with Crippen molar-refractivity contribution in [3.63, 3.8) is 0 Å². The van der Waals surface area contributed by atoms with Gasteiger partial charge in [-0.1, -0.05) is 0 Å². The molecule has 0 saturated carbocycles. The van der Waals surface area contributed by atoms with E-state index < -0.39 is 0 Å². The summed E-state index contributed by atoms with van der Waals surface area (Å²) in [4.78, 5) is 0. The van der Waals surface area contributed by atoms with E-state index in [9.17, 15) is 0 Å². The average Bonchev–Trinajstić information content (AvgIpc) is 0. The van der Waals surface area contributed by atoms with Gasteiger partial charge >= 0.3 is 41.9 Å². The monoisotopic (exact) mass is 264 g/mol. The fourth-order valence-electron chi connectivity index (χ4n) is 0. The second-order valence-corrected chi connectivity index (χ2v) is 0. The Kier molecular flexibility index (Phi) is 110. The van der Waals surface area contributed by atoms with Crippen LogP contribution in [0.4, 0.5) is 0 Å². The van der Waals surface area contributed by atoms with Crippen LogP contribution < -0.4 is 18.9 Å². The maximum Gasteiger partial charge on any atom is 2.00 e. The SMILES string of the molecule is [Er].[H-].[H-].[H-].[Li+].[Mg+2].[Zn]. The molecule has 0 aromatic heterocycles. The molecule has 0 fully saturated rings. The molecule has 0 saturated heterocycles. The van der Waals surface area contributed by atoms with Gasteiger partial charge in [-0.2, -0.15) is 0 Å². The van der Waals surface area contributed by atoms with E-state index in [1.54, 1.807) is 0 Å². The molecule has 4 heavy (non-hydrogen) atoms. The number of hydrogen-bond donors (Lipinski definition) is 0. The van der Waals surface area contributed by atoms with Crippen molar-refractivity contribution in [2.45, 2.75) is 0 Å². The summed E-state index contributed by atoms with van der Waals surface area (Å²) in [6.07, 6.45) is 0. The van der Waals surface area contributed by atoms with E-state index in [1.807, 2.05) is 0 Å². The van der Waals surface area contributed by atoms with E-state index >= 15 is 0 Å². The Morgan fingerprint density at radius 2 is 1.25 bits per heavy atom. The first-order valence-electron chi connectivity index (χ1n) is 0. The zero-order chi connectivity index (χ0) is 0. The van der Waals surface area contributed by atoms with Gasteiger partial charge in [-0.25, -0.2) is 0 Å². The van der Waals surface area contributed by atoms with Crippen LogP contribution in [0.25, 0.3) is 0 Å². The van der Waals surface area contributed by atoms with Gasteiger partial charge < -0.3 is 4.28 Å². The van der Waals surface area contributed by atoms with E-state index in [0.29, 0.717) is 0 Å². The summed E-state index contributed by atoms with van der Waals surface area (Å²) in [6.45, 7) is 0. The predicted octanol–water partition coefficient (Wildman–Crippen LogP) is -3.04. The van der Waals surface area contributed by atoms with E-state index in [4.69, 9.17) is 0 Å². The minimum absolute atomic E-state index is 0. The van der Waals surface area contributed by atoms with Crippen LogP contribution in [0.5, 0.6) is 0 Å². The minimum Gasteiger partial charge on any atom is -1.00 e. The molecule has 0 nitrogen and oxygen atoms in total. The van der Waals surface area contributed by atoms with Gasteiger partial charge in [-0.05, 0) is 0 Å². The summed E-state index contributed by atoms with van der Waals surface area (Å²) in [6, 6.07) is 0. The van der Waals surface area contributed by atoms with E-state index in [1.165, 1.54) is 0 Å². The molecule has 0 rings (SSSR count). The molecule has 0 unspecified atom stereocenters. The van der Waals surface area contributed by atoms with Crippen molar-refractivity contribution >= 4 is 23.1 Å². The number of rotatable bonds is 0. The van der Waals surface area contributed by atoms with Gasteiger partial charge in [0.2, 0.25) is 0 Å². The van der Waals surface area contributed by atoms with Gasteiger partial charge in [0.25, 0.3) is 0 Å². The molecule has 0 spiro atoms. The molecule has 4 heteroatoms. The van der Waals surface area contributed by atoms with Gasteiger partial charge in [0.1, 0.15) is 0 Å². The van der Waals surface area contributed by atoms with Crippen LogP contribution in [0.3, 0.4) is 0 Å². The molecule has 0 aromatic rings. The quantitative estimate of drug-likeness (QED) is 0.409. The van der Waals surface area contributed by atoms with E-state index in [-0.39, 0.29) is 103 Å². The maximum absolute atomic E-state index is 0. The Morgan fingerprint density at radius 3 is 1.25 bits per heavy atom. The smallest absolute Gasteiger partial charge is 1.00 e. The summed E-state index contributed by atoms with van der Waals surface area (Å²) in [5.41, 5.74) is 0. The van der Waals surface area contributed by atoms with Crippen molar-refractivity contribution < 1.29 is 79.9 Å². The topological polar surface area (TPSA) is 0 Å². The van der Waals surface area contributed by atoms with Gasteiger partial charge in [-0.3, -0.25) is 0 Å². The minimum atomic E-state index is 0. The molecule has 0 heterocycles. The van der Waals surface area contributed by atoms with Crippen LogP contribution in [0.1, 0.15) is 4.28 Å². The van der Waals surface area contributed by atoms with Crippen LogP contribution in [0.2, 0.25) is 0 Å². The largest absolute Gasteiger partial charge is 2.00 e. The first-order chi connectivity index (χ1) is 0. The van der Waals surface area contributed by atoms with Gasteiger partial charge in [0.05, 0.1) is 0 Å². The fourth-order valence-corrected chi connectivity index (χ4v) is 0. The molecule has 0 N–H and O–H groups in total. The van der Waals surface area contributed by atoms with Gasteiger partial charge in [0, 0.05) is 56.8 Å². The van der Waals surface area contributed by atoms with Crippen LogP contribution in [0.15, 0.2) is 0 Å². The molecule has 0 amide bonds. The second kappa shape index (κ2) is 16.3. The molecular formula is H3ErLiMgZn. The molecular weight excluding hydrogens is 264 g/mol. The van der Waals surface area contributed by atoms with Gasteiger partial charge in [0.15, 0.2) is 0 Å². The molecule has 0 atom stereocenters. The van der Waals surface area contributed by atoms with Gasteiger partial charge in [-0.15, -0.1) is 0 Å². The summed E-state index contributed by atoms with van der Waals surface area (Å²) in [7, 11) is 0. The van der Waals surface area contributed by atoms with Crippen molar-refractivity contribution in [1.82, 2.24) is 0 Å². The third-order valence-electron chi connectivity index (χ3n) is 0. The van der Waals surface area contributed by atoms with E-state index in [2.05, 4.69) is 0 Å². The van der Waals surface area contributed by atoms with Crippen LogP contribution in [-0.2, 0) is 19.5 Å². The summed E-state index contributed by atoms with van der Waals surface area (Å²) >= 11 is 0. The van der Waals surface area contributed by atoms with Crippen molar-refractivity contribution in [2.24, 2.45) is 0 Å². The van der Waals surface area contributed by atoms with Crippen molar-refractivity contribution in [3.8, 4) is 0 Å². The molecule has 0 aliphatic rings. The first-order valence-corrected chi connectivity index (χ1v) is 0. The van der Waals surface area contributed by atoms with Crippen LogP contribution >= 0.6 is 0 Å². The Hall–Kier alpha value is 3.23. The second-order valence-electron chi connectivity index (χ2n) is 0. The molecule has 0 bridgehead atoms. The molecule has 0 aliphatic carbocycles. The fraction of sp³-hybridized carbons (Fsp3) is 0. The Morgan fingerprint density at radius 1 is 1.25 bits per heavy atom. The molecule has 0 aromatic carbocycles. The van der Waals surface area contributed by atoms with Crippen molar-refractivity contribution in [1.29, 1.82) is 0 Å². The van der Waals surface area contributed by atoms with Crippen molar-refractivity contribution in [2.75, 3.05) is 0 Å². The predicted molar refractivity (Wildman–Crippen MR) is 9.09 cm³/mol. The maximum atomic E-state index is 0. The zero-order valence-corrected chi connectivity index (χ0v) is 8.94. The molecule has 20 valence electrons. The third-order valence-corrected chi connectivity index (χ3v) is 0. The first kappa shape index (κ1) is 26.9. The van der Waals surface area contributed by atoms with E-state index in [0.717, 1.165) is 0 Å². The molecule has 0 aliphatic heterocycles. The van der Waals surface area contributed by atoms with Crippen molar-refractivity contribution in [3.05, 3.63) is 0 Å². The zero-order valence-electron chi connectivity index (χ0n) is 5.70. The third kappa shape index (κ3) is 8.97. The molecule has 0 radical (unpaired) electrons. The number of hydrogen-bond acceptors (Lipinski definition) is 0. The van der Waals surface area contributed by atoms with Crippen LogP contribution in [0, 0.1) is 37.3 Å². The Balaban J connectivity index is 0. The van der Waals surface area contributed by atoms with Crippen LogP contribution in [-0.4, -0.2) is 23.1 Å². The normalized spacial score (nSPS) is 0. The Bertz CT molecular complexity index is 14.9. The summed E-state index contributed by atoms with van der Waals surface area (Å²) < 4.78 is 0. The average molecular weight is 267 g/mol. The standard InChI is InChI=1S/Er.Li.Mg.Zn.3H/q;+1;+2;;3*-1. The summed E-state index contributed by atoms with van der Waals surface area (Å²) in [5.74, 6) is 0. The summed E-state index contributed by atoms with van der Waals surface area (Å²) in [5, 5.41) is 0. The Labute approximate surface area is 101 Å².